The Morgan fingerprint density at radius 2 is 1.78 bits per heavy atom. The normalized spacial score (nSPS) is 11.5. The number of benzene rings is 2. The van der Waals surface area contributed by atoms with E-state index in [4.69, 9.17) is 11.6 Å². The van der Waals surface area contributed by atoms with Crippen molar-refractivity contribution < 1.29 is 0 Å². The van der Waals surface area contributed by atoms with Gasteiger partial charge >= 0.3 is 0 Å². The number of aromatic nitrogens is 1. The van der Waals surface area contributed by atoms with Crippen LogP contribution in [0.15, 0.2) is 59.0 Å². The van der Waals surface area contributed by atoms with Crippen LogP contribution < -0.4 is 5.43 Å². The Kier molecular flexibility index (Phi) is 4.74. The molecular weight excluding hydrogens is 326 g/mol. The van der Waals surface area contributed by atoms with Gasteiger partial charge in [-0.15, -0.1) is 11.3 Å². The van der Waals surface area contributed by atoms with Crippen LogP contribution in [0.2, 0.25) is 5.02 Å². The fourth-order valence-electron chi connectivity index (χ4n) is 2.07. The third kappa shape index (κ3) is 3.97. The highest BCUT2D eigenvalue weighted by atomic mass is 35.5. The maximum Gasteiger partial charge on any atom is 0.203 e. The van der Waals surface area contributed by atoms with Gasteiger partial charge in [0, 0.05) is 16.0 Å². The molecule has 0 fully saturated rings. The minimum atomic E-state index is 0.720. The van der Waals surface area contributed by atoms with Crippen LogP contribution in [-0.4, -0.2) is 10.7 Å². The Morgan fingerprint density at radius 3 is 2.48 bits per heavy atom. The second-order valence-electron chi connectivity index (χ2n) is 5.22. The average molecular weight is 342 g/mol. The maximum absolute atomic E-state index is 5.90. The summed E-state index contributed by atoms with van der Waals surface area (Å²) in [5.74, 6) is 0. The molecule has 0 saturated heterocycles. The predicted octanol–water partition coefficient (Wildman–Crippen LogP) is 5.61. The number of nitrogens with zero attached hydrogens (tertiary/aromatic N) is 2. The fraction of sp³-hybridized carbons (Fsp3) is 0.111. The van der Waals surface area contributed by atoms with Crippen LogP contribution in [0.4, 0.5) is 5.13 Å². The molecule has 0 aliphatic rings. The predicted molar refractivity (Wildman–Crippen MR) is 99.6 cm³/mol. The van der Waals surface area contributed by atoms with Gasteiger partial charge in [0.05, 0.1) is 11.4 Å². The van der Waals surface area contributed by atoms with Crippen molar-refractivity contribution in [1.29, 1.82) is 0 Å². The van der Waals surface area contributed by atoms with Gasteiger partial charge in [0.15, 0.2) is 0 Å². The first kappa shape index (κ1) is 15.7. The Morgan fingerprint density at radius 1 is 1.09 bits per heavy atom. The summed E-state index contributed by atoms with van der Waals surface area (Å²) in [6, 6.07) is 15.9. The molecule has 116 valence electrons. The van der Waals surface area contributed by atoms with Crippen molar-refractivity contribution >= 4 is 33.8 Å². The molecular formula is C18H16ClN3S. The highest BCUT2D eigenvalue weighted by Gasteiger charge is 2.04. The zero-order chi connectivity index (χ0) is 16.2. The molecule has 1 aromatic heterocycles. The summed E-state index contributed by atoms with van der Waals surface area (Å²) >= 11 is 7.43. The van der Waals surface area contributed by atoms with Crippen LogP contribution in [0.1, 0.15) is 18.1 Å². The molecule has 3 nitrogen and oxygen atoms in total. The van der Waals surface area contributed by atoms with E-state index < -0.39 is 0 Å². The summed E-state index contributed by atoms with van der Waals surface area (Å²) in [5.41, 5.74) is 8.24. The maximum atomic E-state index is 5.90. The van der Waals surface area contributed by atoms with Crippen LogP contribution in [0.25, 0.3) is 11.3 Å². The molecule has 23 heavy (non-hydrogen) atoms. The lowest BCUT2D eigenvalue weighted by molar-refractivity contribution is 1.27. The zero-order valence-electron chi connectivity index (χ0n) is 12.9. The second kappa shape index (κ2) is 6.94. The van der Waals surface area contributed by atoms with E-state index in [9.17, 15) is 0 Å². The van der Waals surface area contributed by atoms with Crippen LogP contribution in [0, 0.1) is 6.92 Å². The minimum Gasteiger partial charge on any atom is -0.252 e. The monoisotopic (exact) mass is 341 g/mol. The van der Waals surface area contributed by atoms with Crippen LogP contribution >= 0.6 is 22.9 Å². The second-order valence-corrected chi connectivity index (χ2v) is 6.51. The van der Waals surface area contributed by atoms with Crippen molar-refractivity contribution in [3.05, 3.63) is 70.1 Å². The van der Waals surface area contributed by atoms with Gasteiger partial charge in [-0.25, -0.2) is 4.98 Å². The highest BCUT2D eigenvalue weighted by Crippen LogP contribution is 2.25. The summed E-state index contributed by atoms with van der Waals surface area (Å²) < 4.78 is 0. The van der Waals surface area contributed by atoms with Gasteiger partial charge in [0.25, 0.3) is 0 Å². The van der Waals surface area contributed by atoms with Crippen molar-refractivity contribution in [3.63, 3.8) is 0 Å². The van der Waals surface area contributed by atoms with Crippen molar-refractivity contribution in [2.75, 3.05) is 5.43 Å². The molecule has 5 heteroatoms. The van der Waals surface area contributed by atoms with E-state index >= 15 is 0 Å². The topological polar surface area (TPSA) is 37.3 Å². The third-order valence-corrected chi connectivity index (χ3v) is 4.43. The van der Waals surface area contributed by atoms with Crippen molar-refractivity contribution in [3.8, 4) is 11.3 Å². The van der Waals surface area contributed by atoms with E-state index in [1.54, 1.807) is 0 Å². The Hall–Kier alpha value is -2.17. The van der Waals surface area contributed by atoms with Crippen molar-refractivity contribution in [1.82, 2.24) is 4.98 Å². The summed E-state index contributed by atoms with van der Waals surface area (Å²) in [5, 5.41) is 7.91. The van der Waals surface area contributed by atoms with Gasteiger partial charge in [0.2, 0.25) is 5.13 Å². The molecule has 0 atom stereocenters. The summed E-state index contributed by atoms with van der Waals surface area (Å²) in [4.78, 5) is 4.57. The average Bonchev–Trinajstić information content (AvgIpc) is 3.03. The van der Waals surface area contributed by atoms with Gasteiger partial charge < -0.3 is 0 Å². The highest BCUT2D eigenvalue weighted by molar-refractivity contribution is 7.14. The number of halogens is 1. The Bertz CT molecular complexity index is 820. The zero-order valence-corrected chi connectivity index (χ0v) is 14.4. The Balaban J connectivity index is 1.72. The molecule has 3 aromatic rings. The van der Waals surface area contributed by atoms with Crippen LogP contribution in [-0.2, 0) is 0 Å². The van der Waals surface area contributed by atoms with Crippen molar-refractivity contribution in [2.24, 2.45) is 5.10 Å². The third-order valence-electron chi connectivity index (χ3n) is 3.43. The Labute approximate surface area is 144 Å². The number of hydrazone groups is 1. The van der Waals surface area contributed by atoms with Crippen LogP contribution in [0.3, 0.4) is 0 Å². The van der Waals surface area contributed by atoms with Crippen LogP contribution in [0.5, 0.6) is 0 Å². The van der Waals surface area contributed by atoms with Gasteiger partial charge in [-0.1, -0.05) is 53.6 Å². The van der Waals surface area contributed by atoms with Gasteiger partial charge in [-0.3, -0.25) is 5.43 Å². The van der Waals surface area contributed by atoms with Crippen molar-refractivity contribution in [2.45, 2.75) is 13.8 Å². The fourth-order valence-corrected chi connectivity index (χ4v) is 2.86. The minimum absolute atomic E-state index is 0.720. The number of anilines is 1. The number of rotatable bonds is 4. The van der Waals surface area contributed by atoms with E-state index in [1.165, 1.54) is 16.9 Å². The number of hydrogen-bond acceptors (Lipinski definition) is 4. The number of aryl methyl sites for hydroxylation is 1. The number of hydrogen-bond donors (Lipinski definition) is 1. The number of thiazole rings is 1. The molecule has 0 radical (unpaired) electrons. The first-order chi connectivity index (χ1) is 11.1. The smallest absolute Gasteiger partial charge is 0.203 e. The molecule has 0 bridgehead atoms. The molecule has 1 N–H and O–H groups in total. The summed E-state index contributed by atoms with van der Waals surface area (Å²) in [7, 11) is 0. The van der Waals surface area contributed by atoms with Gasteiger partial charge in [-0.05, 0) is 31.5 Å². The molecule has 0 amide bonds. The molecule has 1 heterocycles. The largest absolute Gasteiger partial charge is 0.252 e. The van der Waals surface area contributed by atoms with E-state index in [2.05, 4.69) is 46.7 Å². The van der Waals surface area contributed by atoms with E-state index in [0.717, 1.165) is 32.7 Å². The molecule has 0 unspecified atom stereocenters. The molecule has 0 aliphatic carbocycles. The first-order valence-corrected chi connectivity index (χ1v) is 8.46. The molecule has 0 aliphatic heterocycles. The summed E-state index contributed by atoms with van der Waals surface area (Å²) in [6.07, 6.45) is 0. The molecule has 0 saturated carbocycles. The van der Waals surface area contributed by atoms with Gasteiger partial charge in [0.1, 0.15) is 0 Å². The van der Waals surface area contributed by atoms with E-state index in [-0.39, 0.29) is 0 Å². The lowest BCUT2D eigenvalue weighted by Gasteiger charge is -2.01. The van der Waals surface area contributed by atoms with E-state index in [0.29, 0.717) is 0 Å². The number of nitrogens with one attached hydrogen (secondary N) is 1. The molecule has 0 spiro atoms. The van der Waals surface area contributed by atoms with Gasteiger partial charge in [-0.2, -0.15) is 5.10 Å². The lowest BCUT2D eigenvalue weighted by Crippen LogP contribution is -1.99. The quantitative estimate of drug-likeness (QED) is 0.494. The molecule has 2 aromatic carbocycles. The standard InChI is InChI=1S/C18H16ClN3S/c1-12-3-5-15(6-4-12)17-11-23-18(20-17)22-21-13(2)14-7-9-16(19)10-8-14/h3-11H,1-2H3,(H,20,22)/b21-13+. The summed E-state index contributed by atoms with van der Waals surface area (Å²) in [6.45, 7) is 4.02. The van der Waals surface area contributed by atoms with E-state index in [1.807, 2.05) is 36.6 Å². The molecule has 3 rings (SSSR count). The SMILES string of the molecule is C/C(=N\Nc1nc(-c2ccc(C)cc2)cs1)c1ccc(Cl)cc1. The lowest BCUT2D eigenvalue weighted by atomic mass is 10.1. The first-order valence-electron chi connectivity index (χ1n) is 7.20.